The van der Waals surface area contributed by atoms with Crippen LogP contribution in [-0.2, 0) is 14.8 Å². The van der Waals surface area contributed by atoms with Crippen LogP contribution in [0.1, 0.15) is 18.9 Å². The first-order valence-corrected chi connectivity index (χ1v) is 11.4. The summed E-state index contributed by atoms with van der Waals surface area (Å²) in [7, 11) is -3.66. The highest BCUT2D eigenvalue weighted by atomic mass is 32.2. The summed E-state index contributed by atoms with van der Waals surface area (Å²) >= 11 is 0. The number of anilines is 1. The summed E-state index contributed by atoms with van der Waals surface area (Å²) in [6.45, 7) is 4.19. The van der Waals surface area contributed by atoms with Crippen LogP contribution < -0.4 is 19.1 Å². The number of hydrogen-bond donors (Lipinski definition) is 1. The van der Waals surface area contributed by atoms with Gasteiger partial charge in [0.1, 0.15) is 18.8 Å². The van der Waals surface area contributed by atoms with E-state index < -0.39 is 16.1 Å². The number of carbonyl (C=O) groups is 1. The predicted octanol–water partition coefficient (Wildman–Crippen LogP) is 2.50. The van der Waals surface area contributed by atoms with Gasteiger partial charge in [-0.1, -0.05) is 31.2 Å². The monoisotopic (exact) mass is 418 g/mol. The summed E-state index contributed by atoms with van der Waals surface area (Å²) in [6.07, 6.45) is 1.09. The minimum atomic E-state index is -3.66. The van der Waals surface area contributed by atoms with Crippen molar-refractivity contribution in [3.63, 3.8) is 0 Å². The number of aryl methyl sites for hydroxylation is 1. The molecule has 0 bridgehead atoms. The SMILES string of the molecule is CCC(C(=O)NCC1COc2ccccc2O1)N(c1cccc(C)c1)S(C)(=O)=O. The zero-order valence-electron chi connectivity index (χ0n) is 16.8. The molecule has 156 valence electrons. The number of carbonyl (C=O) groups excluding carboxylic acids is 1. The van der Waals surface area contributed by atoms with E-state index in [4.69, 9.17) is 9.47 Å². The van der Waals surface area contributed by atoms with Gasteiger partial charge in [0.05, 0.1) is 18.5 Å². The Labute approximate surface area is 171 Å². The van der Waals surface area contributed by atoms with Crippen LogP contribution in [0, 0.1) is 6.92 Å². The molecular weight excluding hydrogens is 392 g/mol. The fraction of sp³-hybridized carbons (Fsp3) is 0.381. The van der Waals surface area contributed by atoms with Gasteiger partial charge in [-0.3, -0.25) is 9.10 Å². The van der Waals surface area contributed by atoms with Crippen LogP contribution in [0.25, 0.3) is 0 Å². The lowest BCUT2D eigenvalue weighted by Gasteiger charge is -2.31. The van der Waals surface area contributed by atoms with Crippen LogP contribution in [0.15, 0.2) is 48.5 Å². The molecule has 0 saturated carbocycles. The number of nitrogens with zero attached hydrogens (tertiary/aromatic N) is 1. The first-order chi connectivity index (χ1) is 13.8. The zero-order chi connectivity index (χ0) is 21.0. The molecule has 8 heteroatoms. The first-order valence-electron chi connectivity index (χ1n) is 9.52. The minimum Gasteiger partial charge on any atom is -0.486 e. The molecule has 2 aromatic carbocycles. The summed E-state index contributed by atoms with van der Waals surface area (Å²) in [5.41, 5.74) is 1.39. The van der Waals surface area contributed by atoms with Gasteiger partial charge in [0.15, 0.2) is 11.5 Å². The lowest BCUT2D eigenvalue weighted by molar-refractivity contribution is -0.122. The molecule has 2 aromatic rings. The van der Waals surface area contributed by atoms with E-state index in [-0.39, 0.29) is 18.6 Å². The van der Waals surface area contributed by atoms with E-state index in [2.05, 4.69) is 5.32 Å². The second-order valence-corrected chi connectivity index (χ2v) is 8.92. The maximum absolute atomic E-state index is 12.9. The van der Waals surface area contributed by atoms with Gasteiger partial charge in [-0.15, -0.1) is 0 Å². The lowest BCUT2D eigenvalue weighted by atomic mass is 10.1. The Morgan fingerprint density at radius 1 is 1.21 bits per heavy atom. The molecule has 1 heterocycles. The van der Waals surface area contributed by atoms with Crippen LogP contribution in [0.3, 0.4) is 0 Å². The second-order valence-electron chi connectivity index (χ2n) is 7.06. The van der Waals surface area contributed by atoms with Crippen LogP contribution >= 0.6 is 0 Å². The molecule has 1 amide bonds. The standard InChI is InChI=1S/C21H26N2O5S/c1-4-18(23(29(3,25)26)16-9-7-8-15(2)12-16)21(24)22-13-17-14-27-19-10-5-6-11-20(19)28-17/h5-12,17-18H,4,13-14H2,1-3H3,(H,22,24). The molecule has 0 aromatic heterocycles. The van der Waals surface area contributed by atoms with E-state index in [0.717, 1.165) is 11.8 Å². The van der Waals surface area contributed by atoms with Crippen molar-refractivity contribution < 1.29 is 22.7 Å². The fourth-order valence-corrected chi connectivity index (χ4v) is 4.52. The normalized spacial score (nSPS) is 16.7. The molecule has 0 aliphatic carbocycles. The average Bonchev–Trinajstić information content (AvgIpc) is 2.69. The van der Waals surface area contributed by atoms with Crippen molar-refractivity contribution in [2.75, 3.05) is 23.7 Å². The Kier molecular flexibility index (Phi) is 6.32. The zero-order valence-corrected chi connectivity index (χ0v) is 17.6. The van der Waals surface area contributed by atoms with Crippen LogP contribution in [0.5, 0.6) is 11.5 Å². The molecule has 1 aliphatic rings. The number of para-hydroxylation sites is 2. The summed E-state index contributed by atoms with van der Waals surface area (Å²) < 4.78 is 37.7. The van der Waals surface area contributed by atoms with Crippen molar-refractivity contribution in [3.05, 3.63) is 54.1 Å². The lowest BCUT2D eigenvalue weighted by Crippen LogP contribution is -2.51. The molecule has 0 spiro atoms. The topological polar surface area (TPSA) is 84.9 Å². The van der Waals surface area contributed by atoms with E-state index in [9.17, 15) is 13.2 Å². The summed E-state index contributed by atoms with van der Waals surface area (Å²) in [6, 6.07) is 13.6. The number of fused-ring (bicyclic) bond motifs is 1. The van der Waals surface area contributed by atoms with Crippen molar-refractivity contribution in [1.29, 1.82) is 0 Å². The Morgan fingerprint density at radius 2 is 1.93 bits per heavy atom. The molecular formula is C21H26N2O5S. The molecule has 0 fully saturated rings. The van der Waals surface area contributed by atoms with Crippen LogP contribution in [0.4, 0.5) is 5.69 Å². The quantitative estimate of drug-likeness (QED) is 0.747. The van der Waals surface area contributed by atoms with Crippen molar-refractivity contribution >= 4 is 21.6 Å². The highest BCUT2D eigenvalue weighted by Crippen LogP contribution is 2.30. The van der Waals surface area contributed by atoms with Crippen LogP contribution in [0.2, 0.25) is 0 Å². The Bertz CT molecular complexity index is 977. The third kappa shape index (κ3) is 5.00. The van der Waals surface area contributed by atoms with Gasteiger partial charge >= 0.3 is 0 Å². The number of benzene rings is 2. The largest absolute Gasteiger partial charge is 0.486 e. The number of rotatable bonds is 7. The highest BCUT2D eigenvalue weighted by molar-refractivity contribution is 7.92. The third-order valence-corrected chi connectivity index (χ3v) is 5.84. The fourth-order valence-electron chi connectivity index (χ4n) is 3.32. The van der Waals surface area contributed by atoms with Gasteiger partial charge in [0, 0.05) is 0 Å². The highest BCUT2D eigenvalue weighted by Gasteiger charge is 2.32. The molecule has 7 nitrogen and oxygen atoms in total. The van der Waals surface area contributed by atoms with Gasteiger partial charge in [0.2, 0.25) is 15.9 Å². The number of hydrogen-bond acceptors (Lipinski definition) is 5. The molecule has 2 unspecified atom stereocenters. The second kappa shape index (κ2) is 8.73. The smallest absolute Gasteiger partial charge is 0.244 e. The van der Waals surface area contributed by atoms with Crippen molar-refractivity contribution in [3.8, 4) is 11.5 Å². The average molecular weight is 419 g/mol. The van der Waals surface area contributed by atoms with Gasteiger partial charge in [-0.05, 0) is 43.2 Å². The minimum absolute atomic E-state index is 0.217. The molecule has 1 aliphatic heterocycles. The predicted molar refractivity (Wildman–Crippen MR) is 112 cm³/mol. The number of sulfonamides is 1. The maximum Gasteiger partial charge on any atom is 0.244 e. The molecule has 2 atom stereocenters. The van der Waals surface area contributed by atoms with Gasteiger partial charge in [-0.25, -0.2) is 8.42 Å². The van der Waals surface area contributed by atoms with Gasteiger partial charge in [-0.2, -0.15) is 0 Å². The van der Waals surface area contributed by atoms with E-state index in [0.29, 0.717) is 30.2 Å². The van der Waals surface area contributed by atoms with Crippen molar-refractivity contribution in [2.45, 2.75) is 32.4 Å². The molecule has 0 radical (unpaired) electrons. The molecule has 1 N–H and O–H groups in total. The van der Waals surface area contributed by atoms with E-state index in [1.165, 1.54) is 4.31 Å². The number of amides is 1. The van der Waals surface area contributed by atoms with E-state index >= 15 is 0 Å². The van der Waals surface area contributed by atoms with Crippen LogP contribution in [-0.4, -0.2) is 45.9 Å². The molecule has 3 rings (SSSR count). The van der Waals surface area contributed by atoms with Gasteiger partial charge < -0.3 is 14.8 Å². The van der Waals surface area contributed by atoms with Crippen molar-refractivity contribution in [2.24, 2.45) is 0 Å². The van der Waals surface area contributed by atoms with Gasteiger partial charge in [0.25, 0.3) is 0 Å². The third-order valence-electron chi connectivity index (χ3n) is 4.66. The summed E-state index contributed by atoms with van der Waals surface area (Å²) in [4.78, 5) is 12.9. The van der Waals surface area contributed by atoms with E-state index in [1.807, 2.05) is 31.2 Å². The molecule has 0 saturated heterocycles. The van der Waals surface area contributed by atoms with E-state index in [1.54, 1.807) is 31.2 Å². The maximum atomic E-state index is 12.9. The summed E-state index contributed by atoms with van der Waals surface area (Å²) in [5.74, 6) is 0.925. The Hall–Kier alpha value is -2.74. The molecule has 29 heavy (non-hydrogen) atoms. The Balaban J connectivity index is 1.72. The number of nitrogens with one attached hydrogen (secondary N) is 1. The Morgan fingerprint density at radius 3 is 2.59 bits per heavy atom. The van der Waals surface area contributed by atoms with Crippen molar-refractivity contribution in [1.82, 2.24) is 5.32 Å². The summed E-state index contributed by atoms with van der Waals surface area (Å²) in [5, 5.41) is 2.82. The number of ether oxygens (including phenoxy) is 2. The first kappa shape index (κ1) is 21.0.